The number of fused-ring (bicyclic) bond motifs is 1. The summed E-state index contributed by atoms with van der Waals surface area (Å²) in [4.78, 5) is 0. The molecule has 0 fully saturated rings. The number of alkyl halides is 1. The minimum Gasteiger partial charge on any atom is -0.117 e. The normalized spacial score (nSPS) is 21.7. The maximum atomic E-state index is 6.80. The van der Waals surface area contributed by atoms with E-state index in [-0.39, 0.29) is 21.6 Å². The molecule has 1 unspecified atom stereocenters. The lowest BCUT2D eigenvalue weighted by Gasteiger charge is -2.42. The Kier molecular flexibility index (Phi) is 4.26. The Labute approximate surface area is 136 Å². The predicted octanol–water partition coefficient (Wildman–Crippen LogP) is 6.75. The summed E-state index contributed by atoms with van der Waals surface area (Å²) in [6.45, 7) is 16.2. The van der Waals surface area contributed by atoms with E-state index < -0.39 is 0 Å². The van der Waals surface area contributed by atoms with Crippen molar-refractivity contribution in [1.82, 2.24) is 0 Å². The van der Waals surface area contributed by atoms with Crippen LogP contribution in [0.4, 0.5) is 0 Å². The highest BCUT2D eigenvalue weighted by atomic mass is 35.5. The van der Waals surface area contributed by atoms with E-state index in [1.165, 1.54) is 29.5 Å². The predicted molar refractivity (Wildman–Crippen MR) is 94.4 cm³/mol. The van der Waals surface area contributed by atoms with Gasteiger partial charge in [-0.1, -0.05) is 66.7 Å². The molecule has 1 heteroatoms. The third-order valence-electron chi connectivity index (χ3n) is 5.77. The van der Waals surface area contributed by atoms with Gasteiger partial charge < -0.3 is 0 Å². The molecule has 1 aromatic rings. The Bertz CT molecular complexity index is 523. The first-order valence-corrected chi connectivity index (χ1v) is 8.74. The van der Waals surface area contributed by atoms with Crippen LogP contribution in [-0.4, -0.2) is 0 Å². The van der Waals surface area contributed by atoms with Gasteiger partial charge in [-0.3, -0.25) is 0 Å². The molecular formula is C20H31Cl. The minimum absolute atomic E-state index is 0.0774. The molecule has 118 valence electrons. The topological polar surface area (TPSA) is 0 Å². The van der Waals surface area contributed by atoms with Gasteiger partial charge in [0.25, 0.3) is 0 Å². The summed E-state index contributed by atoms with van der Waals surface area (Å²) >= 11 is 6.80. The van der Waals surface area contributed by atoms with E-state index in [4.69, 9.17) is 11.6 Å². The largest absolute Gasteiger partial charge is 0.117 e. The molecule has 2 rings (SSSR count). The molecule has 0 saturated heterocycles. The Morgan fingerprint density at radius 2 is 1.57 bits per heavy atom. The van der Waals surface area contributed by atoms with Crippen molar-refractivity contribution in [3.05, 3.63) is 34.9 Å². The molecule has 0 bridgehead atoms. The quantitative estimate of drug-likeness (QED) is 0.542. The molecule has 0 aliphatic heterocycles. The van der Waals surface area contributed by atoms with Crippen molar-refractivity contribution in [2.75, 3.05) is 0 Å². The van der Waals surface area contributed by atoms with Crippen molar-refractivity contribution in [3.63, 3.8) is 0 Å². The number of hydrogen-bond donors (Lipinski definition) is 0. The standard InChI is InChI=1S/C20H31Cl/c1-8-18(2,3)17(21)14-9-10-15-16(13-14)20(6,7)12-11-19(15,4)5/h9-10,13,17H,8,11-12H2,1-7H3. The summed E-state index contributed by atoms with van der Waals surface area (Å²) in [6.07, 6.45) is 3.60. The van der Waals surface area contributed by atoms with Gasteiger partial charge in [-0.05, 0) is 52.2 Å². The van der Waals surface area contributed by atoms with Gasteiger partial charge in [0.15, 0.2) is 0 Å². The SMILES string of the molecule is CCC(C)(C)C(Cl)c1ccc2c(c1)C(C)(C)CCC2(C)C. The maximum Gasteiger partial charge on any atom is 0.0636 e. The van der Waals surface area contributed by atoms with Crippen LogP contribution in [0, 0.1) is 5.41 Å². The molecule has 0 spiro atoms. The molecule has 0 N–H and O–H groups in total. The van der Waals surface area contributed by atoms with Crippen molar-refractivity contribution in [1.29, 1.82) is 0 Å². The van der Waals surface area contributed by atoms with Crippen LogP contribution in [0.3, 0.4) is 0 Å². The molecule has 0 radical (unpaired) electrons. The monoisotopic (exact) mass is 306 g/mol. The third-order valence-corrected chi connectivity index (χ3v) is 6.61. The van der Waals surface area contributed by atoms with E-state index in [1.807, 2.05) is 0 Å². The molecule has 1 atom stereocenters. The molecular weight excluding hydrogens is 276 g/mol. The van der Waals surface area contributed by atoms with E-state index in [0.29, 0.717) is 0 Å². The smallest absolute Gasteiger partial charge is 0.0636 e. The van der Waals surface area contributed by atoms with Crippen molar-refractivity contribution in [2.45, 2.75) is 83.9 Å². The van der Waals surface area contributed by atoms with E-state index in [0.717, 1.165) is 6.42 Å². The average molecular weight is 307 g/mol. The highest BCUT2D eigenvalue weighted by molar-refractivity contribution is 6.21. The average Bonchev–Trinajstić information content (AvgIpc) is 2.43. The molecule has 0 amide bonds. The zero-order valence-corrected chi connectivity index (χ0v) is 15.6. The van der Waals surface area contributed by atoms with Crippen LogP contribution in [0.1, 0.15) is 89.8 Å². The van der Waals surface area contributed by atoms with Crippen LogP contribution in [0.2, 0.25) is 0 Å². The van der Waals surface area contributed by atoms with E-state index >= 15 is 0 Å². The fraction of sp³-hybridized carbons (Fsp3) is 0.700. The van der Waals surface area contributed by atoms with E-state index in [1.54, 1.807) is 0 Å². The minimum atomic E-state index is 0.0774. The van der Waals surface area contributed by atoms with Crippen molar-refractivity contribution < 1.29 is 0 Å². The number of rotatable bonds is 3. The lowest BCUT2D eigenvalue weighted by molar-refractivity contribution is 0.325. The molecule has 0 nitrogen and oxygen atoms in total. The van der Waals surface area contributed by atoms with Crippen LogP contribution in [-0.2, 0) is 10.8 Å². The number of halogens is 1. The third kappa shape index (κ3) is 3.02. The van der Waals surface area contributed by atoms with E-state index in [2.05, 4.69) is 66.7 Å². The Morgan fingerprint density at radius 3 is 2.10 bits per heavy atom. The van der Waals surface area contributed by atoms with E-state index in [9.17, 15) is 0 Å². The molecule has 1 aliphatic carbocycles. The fourth-order valence-corrected chi connectivity index (χ4v) is 3.68. The second-order valence-electron chi connectivity index (χ2n) is 8.78. The van der Waals surface area contributed by atoms with Gasteiger partial charge >= 0.3 is 0 Å². The highest BCUT2D eigenvalue weighted by Gasteiger charge is 2.38. The number of hydrogen-bond acceptors (Lipinski definition) is 0. The van der Waals surface area contributed by atoms with Crippen molar-refractivity contribution in [3.8, 4) is 0 Å². The van der Waals surface area contributed by atoms with Crippen LogP contribution in [0.5, 0.6) is 0 Å². The lowest BCUT2D eigenvalue weighted by atomic mass is 9.62. The summed E-state index contributed by atoms with van der Waals surface area (Å²) in [6, 6.07) is 7.00. The maximum absolute atomic E-state index is 6.80. The zero-order chi connectivity index (χ0) is 16.1. The Morgan fingerprint density at radius 1 is 1.05 bits per heavy atom. The van der Waals surface area contributed by atoms with Gasteiger partial charge in [-0.2, -0.15) is 0 Å². The first-order chi connectivity index (χ1) is 9.51. The summed E-state index contributed by atoms with van der Waals surface area (Å²) in [7, 11) is 0. The molecule has 0 aromatic heterocycles. The summed E-state index contributed by atoms with van der Waals surface area (Å²) in [5, 5.41) is 0.0774. The molecule has 1 aliphatic rings. The fourth-order valence-electron chi connectivity index (χ4n) is 3.39. The molecule has 0 saturated carbocycles. The van der Waals surface area contributed by atoms with Crippen LogP contribution in [0.25, 0.3) is 0 Å². The van der Waals surface area contributed by atoms with Crippen LogP contribution >= 0.6 is 11.6 Å². The van der Waals surface area contributed by atoms with Crippen molar-refractivity contribution in [2.24, 2.45) is 5.41 Å². The van der Waals surface area contributed by atoms with Gasteiger partial charge in [0, 0.05) is 0 Å². The number of benzene rings is 1. The molecule has 0 heterocycles. The van der Waals surface area contributed by atoms with Gasteiger partial charge in [-0.15, -0.1) is 11.6 Å². The zero-order valence-electron chi connectivity index (χ0n) is 14.8. The summed E-state index contributed by atoms with van der Waals surface area (Å²) < 4.78 is 0. The summed E-state index contributed by atoms with van der Waals surface area (Å²) in [5.74, 6) is 0. The molecule has 21 heavy (non-hydrogen) atoms. The second kappa shape index (κ2) is 5.30. The Hall–Kier alpha value is -0.490. The van der Waals surface area contributed by atoms with Gasteiger partial charge in [0.05, 0.1) is 5.38 Å². The van der Waals surface area contributed by atoms with Gasteiger partial charge in [-0.25, -0.2) is 0 Å². The lowest BCUT2D eigenvalue weighted by Crippen LogP contribution is -2.34. The van der Waals surface area contributed by atoms with Gasteiger partial charge in [0.1, 0.15) is 0 Å². The second-order valence-corrected chi connectivity index (χ2v) is 9.21. The van der Waals surface area contributed by atoms with Crippen LogP contribution in [0.15, 0.2) is 18.2 Å². The van der Waals surface area contributed by atoms with Gasteiger partial charge in [0.2, 0.25) is 0 Å². The first kappa shape index (κ1) is 16.9. The molecule has 1 aromatic carbocycles. The summed E-state index contributed by atoms with van der Waals surface area (Å²) in [5.41, 5.74) is 4.98. The Balaban J connectivity index is 2.52. The highest BCUT2D eigenvalue weighted by Crippen LogP contribution is 2.48. The van der Waals surface area contributed by atoms with Crippen molar-refractivity contribution >= 4 is 11.6 Å². The first-order valence-electron chi connectivity index (χ1n) is 8.30. The van der Waals surface area contributed by atoms with Crippen LogP contribution < -0.4 is 0 Å².